The van der Waals surface area contributed by atoms with E-state index in [1.165, 1.54) is 10.5 Å². The van der Waals surface area contributed by atoms with Gasteiger partial charge in [0.15, 0.2) is 6.61 Å². The number of hydrogen-bond acceptors (Lipinski definition) is 3. The fraction of sp³-hybridized carbons (Fsp3) is 0.440. The standard InChI is InChI=1S/C25H30Cl2N2O3/c1-3-18-11-13-20(14-12-18)32-16-24(30)29(15-21-22(26)9-6-10-23(21)27)17(2)25(31)28-19-7-4-5-8-19/h6,9-14,17,19H,3-5,7-8,15-16H2,1-2H3,(H,28,31). The Morgan fingerprint density at radius 3 is 2.31 bits per heavy atom. The zero-order valence-electron chi connectivity index (χ0n) is 18.6. The Kier molecular flexibility index (Phi) is 8.83. The quantitative estimate of drug-likeness (QED) is 0.526. The molecule has 0 heterocycles. The summed E-state index contributed by atoms with van der Waals surface area (Å²) in [5.74, 6) is 0.115. The Morgan fingerprint density at radius 2 is 1.72 bits per heavy atom. The van der Waals surface area contributed by atoms with Crippen LogP contribution in [0.3, 0.4) is 0 Å². The molecular weight excluding hydrogens is 447 g/mol. The van der Waals surface area contributed by atoms with Gasteiger partial charge in [0.25, 0.3) is 5.91 Å². The maximum atomic E-state index is 13.2. The molecule has 172 valence electrons. The highest BCUT2D eigenvalue weighted by Crippen LogP contribution is 2.27. The van der Waals surface area contributed by atoms with Gasteiger partial charge in [0.2, 0.25) is 5.91 Å². The van der Waals surface area contributed by atoms with Crippen molar-refractivity contribution in [3.05, 3.63) is 63.6 Å². The average molecular weight is 477 g/mol. The molecule has 1 aliphatic rings. The van der Waals surface area contributed by atoms with Crippen LogP contribution in [-0.2, 0) is 22.6 Å². The van der Waals surface area contributed by atoms with E-state index in [0.717, 1.165) is 32.1 Å². The van der Waals surface area contributed by atoms with Crippen LogP contribution >= 0.6 is 23.2 Å². The summed E-state index contributed by atoms with van der Waals surface area (Å²) in [7, 11) is 0. The van der Waals surface area contributed by atoms with Crippen molar-refractivity contribution in [1.82, 2.24) is 10.2 Å². The number of benzene rings is 2. The van der Waals surface area contributed by atoms with Crippen molar-refractivity contribution in [2.75, 3.05) is 6.61 Å². The Labute approximate surface area is 200 Å². The van der Waals surface area contributed by atoms with E-state index in [-0.39, 0.29) is 31.0 Å². The Bertz CT molecular complexity index is 907. The molecule has 1 N–H and O–H groups in total. The lowest BCUT2D eigenvalue weighted by Gasteiger charge is -2.30. The lowest BCUT2D eigenvalue weighted by molar-refractivity contribution is -0.142. The molecule has 0 bridgehead atoms. The number of aryl methyl sites for hydroxylation is 1. The van der Waals surface area contributed by atoms with Gasteiger partial charge in [-0.1, -0.05) is 61.2 Å². The van der Waals surface area contributed by atoms with Gasteiger partial charge in [0.1, 0.15) is 11.8 Å². The lowest BCUT2D eigenvalue weighted by Crippen LogP contribution is -2.50. The monoisotopic (exact) mass is 476 g/mol. The summed E-state index contributed by atoms with van der Waals surface area (Å²) in [6.07, 6.45) is 5.10. The number of nitrogens with zero attached hydrogens (tertiary/aromatic N) is 1. The van der Waals surface area contributed by atoms with Gasteiger partial charge in [-0.2, -0.15) is 0 Å². The molecule has 2 amide bonds. The van der Waals surface area contributed by atoms with Crippen LogP contribution < -0.4 is 10.1 Å². The van der Waals surface area contributed by atoms with Crippen LogP contribution in [0.4, 0.5) is 0 Å². The molecule has 7 heteroatoms. The second-order valence-electron chi connectivity index (χ2n) is 8.17. The first-order chi connectivity index (χ1) is 15.4. The Hall–Kier alpha value is -2.24. The molecule has 1 aliphatic carbocycles. The number of ether oxygens (including phenoxy) is 1. The second-order valence-corrected chi connectivity index (χ2v) is 8.99. The summed E-state index contributed by atoms with van der Waals surface area (Å²) >= 11 is 12.7. The van der Waals surface area contributed by atoms with Crippen molar-refractivity contribution in [3.8, 4) is 5.75 Å². The van der Waals surface area contributed by atoms with Crippen molar-refractivity contribution in [2.45, 2.75) is 64.6 Å². The molecule has 1 saturated carbocycles. The van der Waals surface area contributed by atoms with Gasteiger partial charge in [0, 0.05) is 28.2 Å². The number of amides is 2. The molecule has 32 heavy (non-hydrogen) atoms. The van der Waals surface area contributed by atoms with Gasteiger partial charge < -0.3 is 15.0 Å². The first kappa shape index (κ1) is 24.4. The Morgan fingerprint density at radius 1 is 1.09 bits per heavy atom. The van der Waals surface area contributed by atoms with Crippen LogP contribution in [0, 0.1) is 0 Å². The predicted molar refractivity (Wildman–Crippen MR) is 128 cm³/mol. The van der Waals surface area contributed by atoms with Crippen molar-refractivity contribution in [3.63, 3.8) is 0 Å². The first-order valence-electron chi connectivity index (χ1n) is 11.1. The molecule has 0 spiro atoms. The number of hydrogen-bond donors (Lipinski definition) is 1. The molecule has 2 aromatic rings. The van der Waals surface area contributed by atoms with Crippen LogP contribution in [0.2, 0.25) is 10.0 Å². The summed E-state index contributed by atoms with van der Waals surface area (Å²) in [4.78, 5) is 27.6. The summed E-state index contributed by atoms with van der Waals surface area (Å²) in [6, 6.07) is 12.3. The van der Waals surface area contributed by atoms with Crippen LogP contribution in [0.1, 0.15) is 50.7 Å². The van der Waals surface area contributed by atoms with E-state index in [1.54, 1.807) is 25.1 Å². The highest BCUT2D eigenvalue weighted by molar-refractivity contribution is 6.36. The Balaban J connectivity index is 1.74. The smallest absolute Gasteiger partial charge is 0.261 e. The summed E-state index contributed by atoms with van der Waals surface area (Å²) < 4.78 is 5.72. The highest BCUT2D eigenvalue weighted by atomic mass is 35.5. The molecular formula is C25H30Cl2N2O3. The summed E-state index contributed by atoms with van der Waals surface area (Å²) in [5, 5.41) is 3.98. The van der Waals surface area contributed by atoms with Crippen molar-refractivity contribution >= 4 is 35.0 Å². The minimum absolute atomic E-state index is 0.120. The SMILES string of the molecule is CCc1ccc(OCC(=O)N(Cc2c(Cl)cccc2Cl)C(C)C(=O)NC2CCCC2)cc1. The van der Waals surface area contributed by atoms with Crippen LogP contribution in [-0.4, -0.2) is 35.4 Å². The van der Waals surface area contributed by atoms with E-state index in [0.29, 0.717) is 21.4 Å². The molecule has 3 rings (SSSR count). The topological polar surface area (TPSA) is 58.6 Å². The van der Waals surface area contributed by atoms with Crippen LogP contribution in [0.5, 0.6) is 5.75 Å². The highest BCUT2D eigenvalue weighted by Gasteiger charge is 2.29. The molecule has 0 saturated heterocycles. The molecule has 1 atom stereocenters. The minimum atomic E-state index is -0.693. The van der Waals surface area contributed by atoms with E-state index in [4.69, 9.17) is 27.9 Å². The zero-order valence-corrected chi connectivity index (χ0v) is 20.1. The van der Waals surface area contributed by atoms with Gasteiger partial charge in [-0.05, 0) is 56.0 Å². The van der Waals surface area contributed by atoms with Crippen molar-refractivity contribution in [1.29, 1.82) is 0 Å². The van der Waals surface area contributed by atoms with E-state index in [9.17, 15) is 9.59 Å². The van der Waals surface area contributed by atoms with Crippen LogP contribution in [0.15, 0.2) is 42.5 Å². The molecule has 0 radical (unpaired) electrons. The van der Waals surface area contributed by atoms with Gasteiger partial charge in [-0.3, -0.25) is 9.59 Å². The number of rotatable bonds is 9. The van der Waals surface area contributed by atoms with Gasteiger partial charge >= 0.3 is 0 Å². The number of nitrogens with one attached hydrogen (secondary N) is 1. The molecule has 0 aliphatic heterocycles. The van der Waals surface area contributed by atoms with Gasteiger partial charge in [0.05, 0.1) is 0 Å². The fourth-order valence-electron chi connectivity index (χ4n) is 3.88. The van der Waals surface area contributed by atoms with E-state index in [1.807, 2.05) is 24.3 Å². The minimum Gasteiger partial charge on any atom is -0.484 e. The van der Waals surface area contributed by atoms with Gasteiger partial charge in [-0.25, -0.2) is 0 Å². The van der Waals surface area contributed by atoms with Crippen molar-refractivity contribution < 1.29 is 14.3 Å². The number of halogens is 2. The van der Waals surface area contributed by atoms with Crippen LogP contribution in [0.25, 0.3) is 0 Å². The van der Waals surface area contributed by atoms with Crippen molar-refractivity contribution in [2.24, 2.45) is 0 Å². The molecule has 2 aromatic carbocycles. The maximum Gasteiger partial charge on any atom is 0.261 e. The molecule has 1 fully saturated rings. The zero-order chi connectivity index (χ0) is 23.1. The van der Waals surface area contributed by atoms with E-state index >= 15 is 0 Å². The predicted octanol–water partition coefficient (Wildman–Crippen LogP) is 5.41. The first-order valence-corrected chi connectivity index (χ1v) is 11.9. The maximum absolute atomic E-state index is 13.2. The largest absolute Gasteiger partial charge is 0.484 e. The lowest BCUT2D eigenvalue weighted by atomic mass is 10.1. The third-order valence-electron chi connectivity index (χ3n) is 5.95. The fourth-order valence-corrected chi connectivity index (χ4v) is 4.39. The molecule has 5 nitrogen and oxygen atoms in total. The van der Waals surface area contributed by atoms with E-state index in [2.05, 4.69) is 12.2 Å². The summed E-state index contributed by atoms with van der Waals surface area (Å²) in [5.41, 5.74) is 1.80. The number of carbonyl (C=O) groups excluding carboxylic acids is 2. The van der Waals surface area contributed by atoms with E-state index < -0.39 is 6.04 Å². The molecule has 1 unspecified atom stereocenters. The van der Waals surface area contributed by atoms with Gasteiger partial charge in [-0.15, -0.1) is 0 Å². The average Bonchev–Trinajstić information content (AvgIpc) is 3.30. The normalized spacial score (nSPS) is 14.8. The number of carbonyl (C=O) groups is 2. The summed E-state index contributed by atoms with van der Waals surface area (Å²) in [6.45, 7) is 3.74. The molecule has 0 aromatic heterocycles. The third-order valence-corrected chi connectivity index (χ3v) is 6.66. The third kappa shape index (κ3) is 6.39. The second kappa shape index (κ2) is 11.6.